The Hall–Kier alpha value is -4.23. The Morgan fingerprint density at radius 1 is 1.11 bits per heavy atom. The minimum atomic E-state index is -0.731. The minimum Gasteiger partial charge on any atom is -0.434 e. The number of piperazine rings is 1. The molecule has 1 fully saturated rings. The molecule has 1 aliphatic heterocycles. The van der Waals surface area contributed by atoms with Crippen molar-refractivity contribution >= 4 is 28.1 Å². The summed E-state index contributed by atoms with van der Waals surface area (Å²) in [6.07, 6.45) is 1.20. The van der Waals surface area contributed by atoms with E-state index in [2.05, 4.69) is 25.5 Å². The number of rotatable bonds is 5. The molecule has 35 heavy (non-hydrogen) atoms. The Balaban J connectivity index is 1.42. The quantitative estimate of drug-likeness (QED) is 0.443. The first-order valence-corrected chi connectivity index (χ1v) is 11.2. The number of nitrogens with zero attached hydrogens (tertiary/aromatic N) is 5. The molecule has 0 aliphatic carbocycles. The molecule has 4 aromatic rings. The van der Waals surface area contributed by atoms with Crippen LogP contribution in [0.4, 0.5) is 26.0 Å². The normalized spacial score (nSPS) is 13.6. The fraction of sp³-hybridized carbons (Fsp3) is 0.240. The van der Waals surface area contributed by atoms with Gasteiger partial charge in [-0.05, 0) is 37.3 Å². The molecular formula is C25H23F2N7O. The first-order valence-electron chi connectivity index (χ1n) is 11.2. The fourth-order valence-corrected chi connectivity index (χ4v) is 4.20. The van der Waals surface area contributed by atoms with Crippen molar-refractivity contribution < 1.29 is 13.5 Å². The summed E-state index contributed by atoms with van der Waals surface area (Å²) < 4.78 is 37.0. The number of halogens is 2. The van der Waals surface area contributed by atoms with E-state index < -0.39 is 11.6 Å². The SMILES string of the molecule is Cc1cc2c(F)c(Oc3ncnc(Nc4ccc(N5CCNCC5)cc4)c3C#N)cc(F)c2n1C. The van der Waals surface area contributed by atoms with Crippen molar-refractivity contribution in [3.63, 3.8) is 0 Å². The van der Waals surface area contributed by atoms with Crippen molar-refractivity contribution in [1.82, 2.24) is 19.9 Å². The summed E-state index contributed by atoms with van der Waals surface area (Å²) in [7, 11) is 1.66. The van der Waals surface area contributed by atoms with Crippen molar-refractivity contribution in [1.29, 1.82) is 5.26 Å². The Kier molecular flexibility index (Phi) is 5.93. The van der Waals surface area contributed by atoms with Crippen LogP contribution in [0.1, 0.15) is 11.3 Å². The zero-order valence-electron chi connectivity index (χ0n) is 19.3. The summed E-state index contributed by atoms with van der Waals surface area (Å²) in [5, 5.41) is 16.3. The van der Waals surface area contributed by atoms with E-state index in [1.807, 2.05) is 30.3 Å². The fourth-order valence-electron chi connectivity index (χ4n) is 4.20. The lowest BCUT2D eigenvalue weighted by atomic mass is 10.2. The average Bonchev–Trinajstić information content (AvgIpc) is 3.18. The molecule has 178 valence electrons. The lowest BCUT2D eigenvalue weighted by Crippen LogP contribution is -2.43. The number of fused-ring (bicyclic) bond motifs is 1. The Bertz CT molecular complexity index is 1440. The van der Waals surface area contributed by atoms with Crippen LogP contribution in [0.15, 0.2) is 42.7 Å². The first-order chi connectivity index (χ1) is 17.0. The molecule has 2 N–H and O–H groups in total. The van der Waals surface area contributed by atoms with Gasteiger partial charge in [-0.3, -0.25) is 0 Å². The predicted molar refractivity (Wildman–Crippen MR) is 129 cm³/mol. The lowest BCUT2D eigenvalue weighted by molar-refractivity contribution is 0.424. The summed E-state index contributed by atoms with van der Waals surface area (Å²) in [6, 6.07) is 12.3. The zero-order chi connectivity index (χ0) is 24.5. The maximum absolute atomic E-state index is 15.1. The highest BCUT2D eigenvalue weighted by Crippen LogP contribution is 2.35. The summed E-state index contributed by atoms with van der Waals surface area (Å²) in [5.74, 6) is -1.70. The van der Waals surface area contributed by atoms with E-state index >= 15 is 4.39 Å². The van der Waals surface area contributed by atoms with Crippen LogP contribution in [0.2, 0.25) is 0 Å². The number of benzene rings is 2. The van der Waals surface area contributed by atoms with Crippen molar-refractivity contribution in [3.05, 3.63) is 65.6 Å². The second-order valence-electron chi connectivity index (χ2n) is 8.30. The smallest absolute Gasteiger partial charge is 0.242 e. The van der Waals surface area contributed by atoms with Gasteiger partial charge in [-0.2, -0.15) is 5.26 Å². The third kappa shape index (κ3) is 4.22. The number of anilines is 3. The number of aryl methyl sites for hydroxylation is 2. The molecule has 0 bridgehead atoms. The molecule has 0 radical (unpaired) electrons. The maximum atomic E-state index is 15.1. The van der Waals surface area contributed by atoms with Gasteiger partial charge in [-0.15, -0.1) is 0 Å². The van der Waals surface area contributed by atoms with E-state index in [0.29, 0.717) is 11.4 Å². The molecule has 8 nitrogen and oxygen atoms in total. The van der Waals surface area contributed by atoms with Crippen LogP contribution in [-0.4, -0.2) is 40.7 Å². The third-order valence-electron chi connectivity index (χ3n) is 6.15. The Labute approximate surface area is 200 Å². The third-order valence-corrected chi connectivity index (χ3v) is 6.15. The number of hydrogen-bond acceptors (Lipinski definition) is 7. The summed E-state index contributed by atoms with van der Waals surface area (Å²) in [6.45, 7) is 5.51. The molecule has 3 heterocycles. The first kappa shape index (κ1) is 22.6. The van der Waals surface area contributed by atoms with Crippen LogP contribution in [0, 0.1) is 29.9 Å². The van der Waals surface area contributed by atoms with Crippen LogP contribution in [-0.2, 0) is 7.05 Å². The van der Waals surface area contributed by atoms with Gasteiger partial charge >= 0.3 is 0 Å². The Morgan fingerprint density at radius 3 is 2.57 bits per heavy atom. The van der Waals surface area contributed by atoms with Gasteiger partial charge in [0.2, 0.25) is 5.88 Å². The van der Waals surface area contributed by atoms with Crippen LogP contribution in [0.5, 0.6) is 11.6 Å². The van der Waals surface area contributed by atoms with Gasteiger partial charge in [-0.1, -0.05) is 0 Å². The van der Waals surface area contributed by atoms with Crippen molar-refractivity contribution in [2.45, 2.75) is 6.92 Å². The monoisotopic (exact) mass is 475 g/mol. The van der Waals surface area contributed by atoms with Gasteiger partial charge < -0.3 is 24.8 Å². The summed E-state index contributed by atoms with van der Waals surface area (Å²) >= 11 is 0. The zero-order valence-corrected chi connectivity index (χ0v) is 19.3. The molecule has 0 saturated carbocycles. The Morgan fingerprint density at radius 2 is 1.86 bits per heavy atom. The average molecular weight is 476 g/mol. The van der Waals surface area contributed by atoms with E-state index in [4.69, 9.17) is 4.74 Å². The molecule has 10 heteroatoms. The standard InChI is InChI=1S/C25H23F2N7O/c1-15-11-18-22(27)21(12-20(26)23(18)33(15)2)35-25-19(13-28)24(30-14-31-25)32-16-3-5-17(6-4-16)34-9-7-29-8-10-34/h3-6,11-12,14,29H,7-10H2,1-2H3,(H,30,31,32). The molecule has 0 unspecified atom stereocenters. The van der Waals surface area contributed by atoms with Gasteiger partial charge in [0.1, 0.15) is 12.4 Å². The highest BCUT2D eigenvalue weighted by molar-refractivity contribution is 5.84. The van der Waals surface area contributed by atoms with Gasteiger partial charge in [0.05, 0.1) is 5.52 Å². The van der Waals surface area contributed by atoms with Crippen LogP contribution in [0.3, 0.4) is 0 Å². The molecule has 5 rings (SSSR count). The number of ether oxygens (including phenoxy) is 1. The molecule has 0 amide bonds. The molecule has 0 spiro atoms. The van der Waals surface area contributed by atoms with Crippen molar-refractivity contribution in [3.8, 4) is 17.7 Å². The highest BCUT2D eigenvalue weighted by atomic mass is 19.1. The van der Waals surface area contributed by atoms with E-state index in [9.17, 15) is 9.65 Å². The van der Waals surface area contributed by atoms with Gasteiger partial charge in [-0.25, -0.2) is 18.7 Å². The van der Waals surface area contributed by atoms with Crippen LogP contribution < -0.4 is 20.3 Å². The van der Waals surface area contributed by atoms with E-state index in [1.165, 1.54) is 6.33 Å². The maximum Gasteiger partial charge on any atom is 0.242 e. The highest BCUT2D eigenvalue weighted by Gasteiger charge is 2.21. The minimum absolute atomic E-state index is 0.0252. The molecule has 2 aromatic heterocycles. The number of nitrogens with one attached hydrogen (secondary N) is 2. The largest absolute Gasteiger partial charge is 0.434 e. The van der Waals surface area contributed by atoms with E-state index in [-0.39, 0.29) is 33.9 Å². The van der Waals surface area contributed by atoms with Crippen molar-refractivity contribution in [2.24, 2.45) is 7.05 Å². The number of nitriles is 1. The second kappa shape index (κ2) is 9.19. The second-order valence-corrected chi connectivity index (χ2v) is 8.30. The summed E-state index contributed by atoms with van der Waals surface area (Å²) in [4.78, 5) is 10.4. The molecule has 1 aliphatic rings. The van der Waals surface area contributed by atoms with E-state index in [0.717, 1.165) is 37.9 Å². The number of hydrogen-bond donors (Lipinski definition) is 2. The topological polar surface area (TPSA) is 91.0 Å². The van der Waals surface area contributed by atoms with Gasteiger partial charge in [0.15, 0.2) is 28.8 Å². The van der Waals surface area contributed by atoms with Crippen LogP contribution in [0.25, 0.3) is 10.9 Å². The van der Waals surface area contributed by atoms with Gasteiger partial charge in [0.25, 0.3) is 0 Å². The molecule has 1 saturated heterocycles. The molecule has 2 aromatic carbocycles. The van der Waals surface area contributed by atoms with Crippen molar-refractivity contribution in [2.75, 3.05) is 36.4 Å². The van der Waals surface area contributed by atoms with Crippen LogP contribution >= 0.6 is 0 Å². The molecule has 0 atom stereocenters. The predicted octanol–water partition coefficient (Wildman–Crippen LogP) is 4.37. The lowest BCUT2D eigenvalue weighted by Gasteiger charge is -2.29. The number of aromatic nitrogens is 3. The summed E-state index contributed by atoms with van der Waals surface area (Å²) in [5.41, 5.74) is 2.63. The molecular weight excluding hydrogens is 452 g/mol. The van der Waals surface area contributed by atoms with Gasteiger partial charge in [0, 0.05) is 61.7 Å². The van der Waals surface area contributed by atoms with E-state index in [1.54, 1.807) is 24.6 Å².